The van der Waals surface area contributed by atoms with Crippen molar-refractivity contribution in [1.82, 2.24) is 19.5 Å². The summed E-state index contributed by atoms with van der Waals surface area (Å²) in [7, 11) is 0. The van der Waals surface area contributed by atoms with Crippen molar-refractivity contribution < 1.29 is 19.8 Å². The van der Waals surface area contributed by atoms with E-state index in [1.165, 1.54) is 28.4 Å². The van der Waals surface area contributed by atoms with Crippen molar-refractivity contribution in [1.29, 1.82) is 0 Å². The summed E-state index contributed by atoms with van der Waals surface area (Å²) >= 11 is 6.00. The van der Waals surface area contributed by atoms with Crippen LogP contribution in [0.2, 0.25) is 5.02 Å². The van der Waals surface area contributed by atoms with Gasteiger partial charge in [0.25, 0.3) is 11.5 Å². The van der Waals surface area contributed by atoms with Crippen molar-refractivity contribution in [3.05, 3.63) is 63.3 Å². The third kappa shape index (κ3) is 3.49. The lowest BCUT2D eigenvalue weighted by atomic mass is 10.2. The lowest BCUT2D eigenvalue weighted by Gasteiger charge is -2.15. The number of nitrogens with zero attached hydrogens (tertiary/aromatic N) is 3. The smallest absolute Gasteiger partial charge is 0.325 e. The van der Waals surface area contributed by atoms with Crippen LogP contribution in [0.1, 0.15) is 23.0 Å². The molecular weight excluding hydrogens is 376 g/mol. The molecule has 0 aliphatic heterocycles. The lowest BCUT2D eigenvalue weighted by molar-refractivity contribution is -0.138. The van der Waals surface area contributed by atoms with Gasteiger partial charge < -0.3 is 15.5 Å². The number of aromatic nitrogens is 3. The number of carbonyl (C=O) groups excluding carboxylic acids is 1. The molecule has 3 aromatic heterocycles. The SMILES string of the molecule is CC(NC(=O)c1c(O)c2cc(Cl)cn2n(Cc2ccccn2)c1=O)C(=O)O. The fourth-order valence-electron chi connectivity index (χ4n) is 2.58. The van der Waals surface area contributed by atoms with Crippen LogP contribution in [0.25, 0.3) is 5.52 Å². The van der Waals surface area contributed by atoms with E-state index in [4.69, 9.17) is 16.7 Å². The van der Waals surface area contributed by atoms with Crippen LogP contribution in [0.4, 0.5) is 0 Å². The fraction of sp³-hybridized carbons (Fsp3) is 0.176. The zero-order chi connectivity index (χ0) is 19.7. The van der Waals surface area contributed by atoms with Gasteiger partial charge in [-0.15, -0.1) is 0 Å². The molecule has 1 atom stereocenters. The first kappa shape index (κ1) is 18.5. The first-order chi connectivity index (χ1) is 12.8. The number of amides is 1. The minimum absolute atomic E-state index is 0.0101. The highest BCUT2D eigenvalue weighted by molar-refractivity contribution is 6.31. The molecule has 1 amide bonds. The van der Waals surface area contributed by atoms with Gasteiger partial charge in [0.15, 0.2) is 5.75 Å². The number of carboxylic acids is 1. The van der Waals surface area contributed by atoms with Gasteiger partial charge >= 0.3 is 5.97 Å². The first-order valence-electron chi connectivity index (χ1n) is 7.86. The number of pyridine rings is 1. The Hall–Kier alpha value is -3.33. The third-order valence-corrected chi connectivity index (χ3v) is 4.14. The number of fused-ring (bicyclic) bond motifs is 1. The molecule has 0 spiro atoms. The summed E-state index contributed by atoms with van der Waals surface area (Å²) in [5.41, 5.74) is -0.709. The molecule has 10 heteroatoms. The van der Waals surface area contributed by atoms with Crippen LogP contribution >= 0.6 is 11.6 Å². The van der Waals surface area contributed by atoms with Gasteiger partial charge in [0.05, 0.1) is 17.3 Å². The normalized spacial score (nSPS) is 12.1. The molecule has 3 aromatic rings. The second-order valence-electron chi connectivity index (χ2n) is 5.83. The maximum absolute atomic E-state index is 12.9. The van der Waals surface area contributed by atoms with Gasteiger partial charge in [-0.1, -0.05) is 17.7 Å². The second kappa shape index (κ2) is 7.12. The number of hydrogen-bond donors (Lipinski definition) is 3. The van der Waals surface area contributed by atoms with Crippen molar-refractivity contribution in [3.63, 3.8) is 0 Å². The maximum atomic E-state index is 12.9. The van der Waals surface area contributed by atoms with Crippen molar-refractivity contribution in [2.24, 2.45) is 0 Å². The number of aliphatic carboxylic acids is 1. The minimum atomic E-state index is -1.27. The van der Waals surface area contributed by atoms with Crippen LogP contribution in [0.3, 0.4) is 0 Å². The monoisotopic (exact) mass is 390 g/mol. The lowest BCUT2D eigenvalue weighted by Crippen LogP contribution is -2.42. The Bertz CT molecular complexity index is 1090. The van der Waals surface area contributed by atoms with Gasteiger partial charge in [-0.2, -0.15) is 0 Å². The maximum Gasteiger partial charge on any atom is 0.325 e. The minimum Gasteiger partial charge on any atom is -0.505 e. The second-order valence-corrected chi connectivity index (χ2v) is 6.27. The summed E-state index contributed by atoms with van der Waals surface area (Å²) in [6.07, 6.45) is 2.98. The standard InChI is InChI=1S/C17H15ClN4O5/c1-9(17(26)27)20-15(24)13-14(23)12-6-10(18)7-21(12)22(16(13)25)8-11-4-2-3-5-19-11/h2-7,9,23H,8H2,1H3,(H,20,24)(H,26,27). The van der Waals surface area contributed by atoms with E-state index in [-0.39, 0.29) is 17.1 Å². The van der Waals surface area contributed by atoms with Crippen LogP contribution in [-0.2, 0) is 11.3 Å². The Morgan fingerprint density at radius 1 is 1.37 bits per heavy atom. The Balaban J connectivity index is 2.18. The number of carboxylic acid groups (broad SMARTS) is 1. The number of hydrogen-bond acceptors (Lipinski definition) is 5. The first-order valence-corrected chi connectivity index (χ1v) is 8.24. The Morgan fingerprint density at radius 2 is 2.11 bits per heavy atom. The van der Waals surface area contributed by atoms with Crippen molar-refractivity contribution in [2.45, 2.75) is 19.5 Å². The molecule has 3 heterocycles. The summed E-state index contributed by atoms with van der Waals surface area (Å²) in [6, 6.07) is 5.31. The zero-order valence-electron chi connectivity index (χ0n) is 14.1. The molecular formula is C17H15ClN4O5. The van der Waals surface area contributed by atoms with E-state index in [0.717, 1.165) is 0 Å². The highest BCUT2D eigenvalue weighted by atomic mass is 35.5. The molecule has 0 radical (unpaired) electrons. The molecule has 140 valence electrons. The summed E-state index contributed by atoms with van der Waals surface area (Å²) in [5.74, 6) is -2.86. The molecule has 0 fully saturated rings. The van der Waals surface area contributed by atoms with Gasteiger partial charge in [-0.05, 0) is 25.1 Å². The molecule has 3 rings (SSSR count). The van der Waals surface area contributed by atoms with Crippen LogP contribution < -0.4 is 10.9 Å². The Kier molecular flexibility index (Phi) is 4.87. The van der Waals surface area contributed by atoms with Gasteiger partial charge in [0.1, 0.15) is 17.1 Å². The van der Waals surface area contributed by atoms with E-state index < -0.39 is 34.8 Å². The van der Waals surface area contributed by atoms with Crippen LogP contribution in [0.15, 0.2) is 41.5 Å². The quantitative estimate of drug-likeness (QED) is 0.599. The Labute approximate surface area is 157 Å². The van der Waals surface area contributed by atoms with Gasteiger partial charge in [0.2, 0.25) is 0 Å². The molecule has 0 bridgehead atoms. The highest BCUT2D eigenvalue weighted by Crippen LogP contribution is 2.25. The molecule has 0 saturated carbocycles. The third-order valence-electron chi connectivity index (χ3n) is 3.94. The average molecular weight is 391 g/mol. The van der Waals surface area contributed by atoms with E-state index >= 15 is 0 Å². The number of rotatable bonds is 5. The largest absolute Gasteiger partial charge is 0.505 e. The van der Waals surface area contributed by atoms with Gasteiger partial charge in [0, 0.05) is 12.4 Å². The predicted octanol–water partition coefficient (Wildman–Crippen LogP) is 1.11. The number of halogens is 1. The molecule has 1 unspecified atom stereocenters. The van der Waals surface area contributed by atoms with Gasteiger partial charge in [-0.3, -0.25) is 23.9 Å². The summed E-state index contributed by atoms with van der Waals surface area (Å²) in [4.78, 5) is 40.5. The van der Waals surface area contributed by atoms with E-state index in [9.17, 15) is 19.5 Å². The number of carbonyl (C=O) groups is 2. The molecule has 3 N–H and O–H groups in total. The average Bonchev–Trinajstić information content (AvgIpc) is 3.01. The summed E-state index contributed by atoms with van der Waals surface area (Å²) < 4.78 is 2.51. The van der Waals surface area contributed by atoms with Crippen molar-refractivity contribution >= 4 is 29.0 Å². The molecule has 9 nitrogen and oxygen atoms in total. The van der Waals surface area contributed by atoms with Gasteiger partial charge in [-0.25, -0.2) is 4.68 Å². The van der Waals surface area contributed by atoms with E-state index in [1.807, 2.05) is 0 Å². The molecule has 27 heavy (non-hydrogen) atoms. The van der Waals surface area contributed by atoms with Crippen LogP contribution in [0, 0.1) is 0 Å². The molecule has 0 aliphatic carbocycles. The zero-order valence-corrected chi connectivity index (χ0v) is 14.8. The summed E-state index contributed by atoms with van der Waals surface area (Å²) in [6.45, 7) is 1.26. The number of nitrogens with one attached hydrogen (secondary N) is 1. The topological polar surface area (TPSA) is 126 Å². The molecule has 0 saturated heterocycles. The van der Waals surface area contributed by atoms with E-state index in [2.05, 4.69) is 10.3 Å². The van der Waals surface area contributed by atoms with Crippen LogP contribution in [-0.4, -0.2) is 42.3 Å². The van der Waals surface area contributed by atoms with Crippen LogP contribution in [0.5, 0.6) is 5.75 Å². The fourth-order valence-corrected chi connectivity index (χ4v) is 2.78. The summed E-state index contributed by atoms with van der Waals surface area (Å²) in [5, 5.41) is 21.8. The predicted molar refractivity (Wildman–Crippen MR) is 96.2 cm³/mol. The molecule has 0 aliphatic rings. The van der Waals surface area contributed by atoms with Crippen molar-refractivity contribution in [2.75, 3.05) is 0 Å². The highest BCUT2D eigenvalue weighted by Gasteiger charge is 2.25. The van der Waals surface area contributed by atoms with Crippen molar-refractivity contribution in [3.8, 4) is 5.75 Å². The number of aromatic hydroxyl groups is 1. The Morgan fingerprint density at radius 3 is 2.74 bits per heavy atom. The van der Waals surface area contributed by atoms with E-state index in [1.54, 1.807) is 24.4 Å². The van der Waals surface area contributed by atoms with E-state index in [0.29, 0.717) is 5.69 Å². The molecule has 0 aromatic carbocycles.